The summed E-state index contributed by atoms with van der Waals surface area (Å²) < 4.78 is 0.633. The first-order valence-electron chi connectivity index (χ1n) is 4.82. The number of aromatic nitrogens is 1. The number of nitrogens with two attached hydrogens (primary N) is 1. The van der Waals surface area contributed by atoms with Crippen LogP contribution in [0.5, 0.6) is 0 Å². The molecule has 0 aromatic carbocycles. The van der Waals surface area contributed by atoms with E-state index in [0.29, 0.717) is 10.5 Å². The molecule has 7 heteroatoms. The highest BCUT2D eigenvalue weighted by atomic mass is 35.5. The first-order chi connectivity index (χ1) is 6.74. The number of nitrogens with zero attached hydrogens (tertiary/aromatic N) is 2. The molecule has 0 spiro atoms. The lowest BCUT2D eigenvalue weighted by atomic mass is 10.1. The zero-order valence-electron chi connectivity index (χ0n) is 8.76. The quantitative estimate of drug-likeness (QED) is 0.913. The van der Waals surface area contributed by atoms with Gasteiger partial charge in [0.1, 0.15) is 0 Å². The Kier molecular flexibility index (Phi) is 7.89. The number of hydrogen-bond donors (Lipinski definition) is 1. The van der Waals surface area contributed by atoms with Gasteiger partial charge in [-0.05, 0) is 25.9 Å². The van der Waals surface area contributed by atoms with Gasteiger partial charge in [0.25, 0.3) is 0 Å². The van der Waals surface area contributed by atoms with Crippen molar-refractivity contribution in [3.8, 4) is 0 Å². The van der Waals surface area contributed by atoms with Gasteiger partial charge in [-0.1, -0.05) is 11.6 Å². The van der Waals surface area contributed by atoms with E-state index in [9.17, 15) is 0 Å². The van der Waals surface area contributed by atoms with Crippen molar-refractivity contribution in [1.82, 2.24) is 9.88 Å². The van der Waals surface area contributed by atoms with Gasteiger partial charge in [0.15, 0.2) is 4.47 Å². The van der Waals surface area contributed by atoms with E-state index in [1.54, 1.807) is 11.3 Å². The van der Waals surface area contributed by atoms with E-state index < -0.39 is 0 Å². The summed E-state index contributed by atoms with van der Waals surface area (Å²) in [5, 5.41) is 0. The molecule has 0 bridgehead atoms. The second-order valence-corrected chi connectivity index (χ2v) is 5.39. The number of piperidine rings is 1. The Morgan fingerprint density at radius 1 is 1.44 bits per heavy atom. The van der Waals surface area contributed by atoms with Gasteiger partial charge in [0, 0.05) is 23.7 Å². The van der Waals surface area contributed by atoms with Crippen molar-refractivity contribution in [2.75, 3.05) is 13.1 Å². The second-order valence-electron chi connectivity index (χ2n) is 3.69. The van der Waals surface area contributed by atoms with E-state index in [1.807, 2.05) is 6.20 Å². The molecule has 3 nitrogen and oxygen atoms in total. The van der Waals surface area contributed by atoms with Crippen LogP contribution in [0.15, 0.2) is 6.20 Å². The van der Waals surface area contributed by atoms with Gasteiger partial charge < -0.3 is 5.73 Å². The Morgan fingerprint density at radius 3 is 2.56 bits per heavy atom. The Bertz CT molecular complexity index is 300. The third-order valence-corrected chi connectivity index (χ3v) is 3.64. The standard InChI is InChI=1S/C9H14ClN3S.2ClH/c10-9-12-5-8(14-9)6-13-3-1-7(11)2-4-13;;/h5,7H,1-4,6,11H2;2*1H. The zero-order valence-corrected chi connectivity index (χ0v) is 12.0. The molecule has 1 aromatic rings. The number of rotatable bonds is 2. The fourth-order valence-corrected chi connectivity index (χ4v) is 2.71. The highest BCUT2D eigenvalue weighted by molar-refractivity contribution is 7.15. The first kappa shape index (κ1) is 16.4. The molecule has 2 rings (SSSR count). The van der Waals surface area contributed by atoms with Crippen LogP contribution in [0.3, 0.4) is 0 Å². The lowest BCUT2D eigenvalue weighted by Gasteiger charge is -2.29. The molecule has 1 fully saturated rings. The second kappa shape index (κ2) is 7.69. The van der Waals surface area contributed by atoms with Crippen LogP contribution >= 0.6 is 47.8 Å². The maximum atomic E-state index is 5.84. The molecule has 0 amide bonds. The SMILES string of the molecule is Cl.Cl.NC1CCN(Cc2cnc(Cl)s2)CC1. The predicted molar refractivity (Wildman–Crippen MR) is 74.1 cm³/mol. The molecule has 1 aliphatic heterocycles. The average molecular weight is 305 g/mol. The molecule has 0 atom stereocenters. The van der Waals surface area contributed by atoms with Gasteiger partial charge in [0.2, 0.25) is 0 Å². The van der Waals surface area contributed by atoms with Crippen molar-refractivity contribution in [1.29, 1.82) is 0 Å². The average Bonchev–Trinajstić information content (AvgIpc) is 2.56. The van der Waals surface area contributed by atoms with Crippen LogP contribution in [0.25, 0.3) is 0 Å². The molecule has 2 N–H and O–H groups in total. The van der Waals surface area contributed by atoms with Crippen molar-refractivity contribution < 1.29 is 0 Å². The third-order valence-electron chi connectivity index (χ3n) is 2.54. The van der Waals surface area contributed by atoms with Crippen LogP contribution in [0.4, 0.5) is 0 Å². The van der Waals surface area contributed by atoms with Crippen molar-refractivity contribution in [2.45, 2.75) is 25.4 Å². The molecule has 1 aliphatic rings. The lowest BCUT2D eigenvalue weighted by Crippen LogP contribution is -2.39. The minimum absolute atomic E-state index is 0. The van der Waals surface area contributed by atoms with E-state index in [0.717, 1.165) is 32.5 Å². The monoisotopic (exact) mass is 303 g/mol. The number of halogens is 3. The summed E-state index contributed by atoms with van der Waals surface area (Å²) in [6, 6.07) is 0.399. The molecule has 0 saturated carbocycles. The van der Waals surface area contributed by atoms with E-state index in [1.165, 1.54) is 4.88 Å². The maximum Gasteiger partial charge on any atom is 0.183 e. The van der Waals surface area contributed by atoms with Crippen LogP contribution in [-0.2, 0) is 6.54 Å². The zero-order chi connectivity index (χ0) is 9.97. The molecule has 0 unspecified atom stereocenters. The number of hydrogen-bond acceptors (Lipinski definition) is 4. The van der Waals surface area contributed by atoms with Crippen LogP contribution in [0.2, 0.25) is 4.47 Å². The molecular weight excluding hydrogens is 289 g/mol. The van der Waals surface area contributed by atoms with Gasteiger partial charge in [-0.3, -0.25) is 4.90 Å². The van der Waals surface area contributed by atoms with Crippen LogP contribution in [0, 0.1) is 0 Å². The molecule has 2 heterocycles. The topological polar surface area (TPSA) is 42.1 Å². The smallest absolute Gasteiger partial charge is 0.183 e. The Labute approximate surface area is 117 Å². The Balaban J connectivity index is 0.00000112. The van der Waals surface area contributed by atoms with Crippen molar-refractivity contribution in [2.24, 2.45) is 5.73 Å². The van der Waals surface area contributed by atoms with E-state index >= 15 is 0 Å². The molecular formula is C9H16Cl3N3S. The minimum Gasteiger partial charge on any atom is -0.328 e. The highest BCUT2D eigenvalue weighted by Crippen LogP contribution is 2.20. The first-order valence-corrected chi connectivity index (χ1v) is 6.01. The van der Waals surface area contributed by atoms with E-state index in [2.05, 4.69) is 9.88 Å². The van der Waals surface area contributed by atoms with E-state index in [-0.39, 0.29) is 24.8 Å². The summed E-state index contributed by atoms with van der Waals surface area (Å²) in [5.41, 5.74) is 5.84. The summed E-state index contributed by atoms with van der Waals surface area (Å²) >= 11 is 7.33. The lowest BCUT2D eigenvalue weighted by molar-refractivity contribution is 0.207. The van der Waals surface area contributed by atoms with Crippen LogP contribution in [-0.4, -0.2) is 29.0 Å². The summed E-state index contributed by atoms with van der Waals surface area (Å²) in [4.78, 5) is 7.68. The number of thiazole rings is 1. The fraction of sp³-hybridized carbons (Fsp3) is 0.667. The summed E-state index contributed by atoms with van der Waals surface area (Å²) in [6.07, 6.45) is 4.07. The van der Waals surface area contributed by atoms with Gasteiger partial charge in [-0.15, -0.1) is 36.2 Å². The predicted octanol–water partition coefficient (Wildman–Crippen LogP) is 2.56. The fourth-order valence-electron chi connectivity index (χ4n) is 1.69. The van der Waals surface area contributed by atoms with Crippen molar-refractivity contribution in [3.05, 3.63) is 15.5 Å². The minimum atomic E-state index is 0. The molecule has 0 aliphatic carbocycles. The molecule has 1 saturated heterocycles. The van der Waals surface area contributed by atoms with E-state index in [4.69, 9.17) is 17.3 Å². The Morgan fingerprint density at radius 2 is 2.06 bits per heavy atom. The summed E-state index contributed by atoms with van der Waals surface area (Å²) in [7, 11) is 0. The normalized spacial score (nSPS) is 17.6. The largest absolute Gasteiger partial charge is 0.328 e. The third kappa shape index (κ3) is 4.73. The molecule has 0 radical (unpaired) electrons. The highest BCUT2D eigenvalue weighted by Gasteiger charge is 2.16. The molecule has 16 heavy (non-hydrogen) atoms. The van der Waals surface area contributed by atoms with Gasteiger partial charge in [0.05, 0.1) is 0 Å². The van der Waals surface area contributed by atoms with Crippen LogP contribution < -0.4 is 5.73 Å². The Hall–Kier alpha value is 0.420. The maximum absolute atomic E-state index is 5.84. The van der Waals surface area contributed by atoms with Gasteiger partial charge >= 0.3 is 0 Å². The van der Waals surface area contributed by atoms with Crippen molar-refractivity contribution in [3.63, 3.8) is 0 Å². The molecule has 94 valence electrons. The van der Waals surface area contributed by atoms with Gasteiger partial charge in [-0.25, -0.2) is 4.98 Å². The van der Waals surface area contributed by atoms with Crippen LogP contribution in [0.1, 0.15) is 17.7 Å². The summed E-state index contributed by atoms with van der Waals surface area (Å²) in [6.45, 7) is 3.16. The molecule has 1 aromatic heterocycles. The summed E-state index contributed by atoms with van der Waals surface area (Å²) in [5.74, 6) is 0. The van der Waals surface area contributed by atoms with Crippen molar-refractivity contribution >= 4 is 47.8 Å². The van der Waals surface area contributed by atoms with Gasteiger partial charge in [-0.2, -0.15) is 0 Å². The number of likely N-dealkylation sites (tertiary alicyclic amines) is 1.